The second-order valence-corrected chi connectivity index (χ2v) is 5.30. The average molecular weight is 305 g/mol. The first kappa shape index (κ1) is 16.1. The third kappa shape index (κ3) is 5.30. The molecule has 1 aromatic rings. The summed E-state index contributed by atoms with van der Waals surface area (Å²) in [5.41, 5.74) is 0.249. The van der Waals surface area contributed by atoms with Gasteiger partial charge in [0.25, 0.3) is 5.91 Å². The lowest BCUT2D eigenvalue weighted by Gasteiger charge is -2.20. The summed E-state index contributed by atoms with van der Waals surface area (Å²) in [4.78, 5) is 14.1. The van der Waals surface area contributed by atoms with E-state index in [-0.39, 0.29) is 21.8 Å². The highest BCUT2D eigenvalue weighted by Gasteiger charge is 2.12. The van der Waals surface area contributed by atoms with Gasteiger partial charge in [0, 0.05) is 12.6 Å². The third-order valence-electron chi connectivity index (χ3n) is 2.82. The summed E-state index contributed by atoms with van der Waals surface area (Å²) >= 11 is 11.5. The van der Waals surface area contributed by atoms with Gasteiger partial charge in [-0.1, -0.05) is 23.2 Å². The molecule has 1 rings (SSSR count). The molecule has 1 amide bonds. The number of rotatable bonds is 6. The zero-order chi connectivity index (χ0) is 14.4. The normalized spacial score (nSPS) is 11.1. The predicted molar refractivity (Wildman–Crippen MR) is 76.8 cm³/mol. The molecule has 0 aliphatic heterocycles. The van der Waals surface area contributed by atoms with E-state index in [1.165, 1.54) is 6.07 Å². The van der Waals surface area contributed by atoms with Crippen molar-refractivity contribution in [2.75, 3.05) is 20.1 Å². The van der Waals surface area contributed by atoms with Gasteiger partial charge in [0.2, 0.25) is 0 Å². The van der Waals surface area contributed by atoms with E-state index < -0.39 is 0 Å². The van der Waals surface area contributed by atoms with Crippen LogP contribution in [0.1, 0.15) is 30.6 Å². The van der Waals surface area contributed by atoms with Gasteiger partial charge in [-0.3, -0.25) is 4.79 Å². The van der Waals surface area contributed by atoms with Crippen molar-refractivity contribution in [2.24, 2.45) is 0 Å². The van der Waals surface area contributed by atoms with Crippen molar-refractivity contribution >= 4 is 29.1 Å². The van der Waals surface area contributed by atoms with E-state index in [4.69, 9.17) is 23.2 Å². The van der Waals surface area contributed by atoms with E-state index in [0.29, 0.717) is 12.6 Å². The lowest BCUT2D eigenvalue weighted by molar-refractivity contribution is 0.0951. The largest absolute Gasteiger partial charge is 0.352 e. The summed E-state index contributed by atoms with van der Waals surface area (Å²) in [6, 6.07) is 1.90. The first-order chi connectivity index (χ1) is 8.91. The Labute approximate surface area is 123 Å². The van der Waals surface area contributed by atoms with Gasteiger partial charge in [-0.05, 0) is 39.9 Å². The molecule has 0 radical (unpaired) electrons. The Hall–Kier alpha value is -0.910. The van der Waals surface area contributed by atoms with Crippen LogP contribution in [0.25, 0.3) is 0 Å². The van der Waals surface area contributed by atoms with E-state index in [1.807, 2.05) is 0 Å². The lowest BCUT2D eigenvalue weighted by Crippen LogP contribution is -2.31. The topological polar surface area (TPSA) is 58.1 Å². The van der Waals surface area contributed by atoms with Crippen LogP contribution in [0.15, 0.2) is 6.07 Å². The van der Waals surface area contributed by atoms with Gasteiger partial charge < -0.3 is 10.2 Å². The highest BCUT2D eigenvalue weighted by Crippen LogP contribution is 2.14. The van der Waals surface area contributed by atoms with Crippen molar-refractivity contribution in [2.45, 2.75) is 26.3 Å². The second-order valence-electron chi connectivity index (χ2n) is 4.56. The van der Waals surface area contributed by atoms with Gasteiger partial charge in [0.15, 0.2) is 10.3 Å². The van der Waals surface area contributed by atoms with E-state index >= 15 is 0 Å². The number of amides is 1. The highest BCUT2D eigenvalue weighted by atomic mass is 35.5. The summed E-state index contributed by atoms with van der Waals surface area (Å²) in [6.45, 7) is 5.75. The molecule has 0 saturated carbocycles. The van der Waals surface area contributed by atoms with Gasteiger partial charge >= 0.3 is 0 Å². The third-order valence-corrected chi connectivity index (χ3v) is 3.28. The zero-order valence-corrected chi connectivity index (χ0v) is 12.8. The Morgan fingerprint density at radius 3 is 2.74 bits per heavy atom. The predicted octanol–water partition coefficient (Wildman–Crippen LogP) is 2.24. The molecule has 0 bridgehead atoms. The second kappa shape index (κ2) is 7.62. The van der Waals surface area contributed by atoms with Gasteiger partial charge in [0.1, 0.15) is 0 Å². The number of nitrogens with one attached hydrogen (secondary N) is 1. The first-order valence-corrected chi connectivity index (χ1v) is 6.84. The molecule has 0 aliphatic rings. The standard InChI is InChI=1S/C12H18Cl2N4O/c1-8(2)18(3)6-4-5-15-12(19)9-7-10(13)16-17-11(9)14/h7-8H,4-6H2,1-3H3,(H,15,19). The summed E-state index contributed by atoms with van der Waals surface area (Å²) in [5.74, 6) is -0.283. The molecule has 5 nitrogen and oxygen atoms in total. The fourth-order valence-corrected chi connectivity index (χ4v) is 1.72. The first-order valence-electron chi connectivity index (χ1n) is 6.09. The van der Waals surface area contributed by atoms with Gasteiger partial charge in [0.05, 0.1) is 5.56 Å². The Morgan fingerprint density at radius 2 is 2.11 bits per heavy atom. The van der Waals surface area contributed by atoms with Crippen LogP contribution >= 0.6 is 23.2 Å². The monoisotopic (exact) mass is 304 g/mol. The van der Waals surface area contributed by atoms with Gasteiger partial charge in [-0.2, -0.15) is 0 Å². The minimum Gasteiger partial charge on any atom is -0.352 e. The maximum Gasteiger partial charge on any atom is 0.254 e. The molecular formula is C12H18Cl2N4O. The van der Waals surface area contributed by atoms with Crippen LogP contribution < -0.4 is 5.32 Å². The highest BCUT2D eigenvalue weighted by molar-refractivity contribution is 6.34. The fourth-order valence-electron chi connectivity index (χ4n) is 1.40. The number of carbonyl (C=O) groups is 1. The van der Waals surface area contributed by atoms with Crippen molar-refractivity contribution in [3.8, 4) is 0 Å². The van der Waals surface area contributed by atoms with Crippen LogP contribution in [-0.4, -0.2) is 47.2 Å². The van der Waals surface area contributed by atoms with E-state index in [2.05, 4.69) is 41.3 Å². The molecule has 0 aromatic carbocycles. The number of hydrogen-bond acceptors (Lipinski definition) is 4. The van der Waals surface area contributed by atoms with Crippen LogP contribution in [0.3, 0.4) is 0 Å². The molecule has 1 heterocycles. The number of carbonyl (C=O) groups excluding carboxylic acids is 1. The number of nitrogens with zero attached hydrogens (tertiary/aromatic N) is 3. The van der Waals surface area contributed by atoms with Crippen molar-refractivity contribution in [1.82, 2.24) is 20.4 Å². The average Bonchev–Trinajstić information content (AvgIpc) is 2.36. The van der Waals surface area contributed by atoms with E-state index in [0.717, 1.165) is 13.0 Å². The van der Waals surface area contributed by atoms with Gasteiger partial charge in [-0.15, -0.1) is 10.2 Å². The smallest absolute Gasteiger partial charge is 0.254 e. The minimum atomic E-state index is -0.283. The molecule has 19 heavy (non-hydrogen) atoms. The van der Waals surface area contributed by atoms with Crippen LogP contribution in [0.5, 0.6) is 0 Å². The zero-order valence-electron chi connectivity index (χ0n) is 11.3. The Morgan fingerprint density at radius 1 is 1.42 bits per heavy atom. The van der Waals surface area contributed by atoms with Crippen molar-refractivity contribution in [3.63, 3.8) is 0 Å². The summed E-state index contributed by atoms with van der Waals surface area (Å²) in [7, 11) is 2.05. The maximum atomic E-state index is 11.9. The molecule has 7 heteroatoms. The Balaban J connectivity index is 2.41. The Bertz CT molecular complexity index is 440. The van der Waals surface area contributed by atoms with E-state index in [1.54, 1.807) is 0 Å². The van der Waals surface area contributed by atoms with Gasteiger partial charge in [-0.25, -0.2) is 0 Å². The van der Waals surface area contributed by atoms with Crippen LogP contribution in [0.2, 0.25) is 10.3 Å². The molecule has 0 unspecified atom stereocenters. The minimum absolute atomic E-state index is 0.0567. The lowest BCUT2D eigenvalue weighted by atomic mass is 10.2. The summed E-state index contributed by atoms with van der Waals surface area (Å²) in [5, 5.41) is 10.1. The maximum absolute atomic E-state index is 11.9. The molecule has 0 fully saturated rings. The van der Waals surface area contributed by atoms with Crippen molar-refractivity contribution in [3.05, 3.63) is 21.9 Å². The Kier molecular flexibility index (Phi) is 6.48. The molecule has 0 spiro atoms. The molecular weight excluding hydrogens is 287 g/mol. The molecule has 106 valence electrons. The summed E-state index contributed by atoms with van der Waals surface area (Å²) in [6.07, 6.45) is 0.865. The number of halogens is 2. The summed E-state index contributed by atoms with van der Waals surface area (Å²) < 4.78 is 0. The quantitative estimate of drug-likeness (QED) is 0.819. The van der Waals surface area contributed by atoms with Crippen LogP contribution in [0.4, 0.5) is 0 Å². The number of hydrogen-bond donors (Lipinski definition) is 1. The van der Waals surface area contributed by atoms with Crippen LogP contribution in [0, 0.1) is 0 Å². The molecule has 1 N–H and O–H groups in total. The molecule has 0 saturated heterocycles. The van der Waals surface area contributed by atoms with Crippen molar-refractivity contribution in [1.29, 1.82) is 0 Å². The SMILES string of the molecule is CC(C)N(C)CCCNC(=O)c1cc(Cl)nnc1Cl. The van der Waals surface area contributed by atoms with Crippen molar-refractivity contribution < 1.29 is 4.79 Å². The molecule has 0 atom stereocenters. The van der Waals surface area contributed by atoms with Crippen LogP contribution in [-0.2, 0) is 0 Å². The van der Waals surface area contributed by atoms with E-state index in [9.17, 15) is 4.79 Å². The fraction of sp³-hybridized carbons (Fsp3) is 0.583. The molecule has 1 aromatic heterocycles. The number of aromatic nitrogens is 2. The molecule has 0 aliphatic carbocycles.